The van der Waals surface area contributed by atoms with E-state index in [-0.39, 0.29) is 18.8 Å². The third-order valence-electron chi connectivity index (χ3n) is 3.84. The van der Waals surface area contributed by atoms with Crippen molar-refractivity contribution < 1.29 is 19.6 Å². The standard InChI is InChI=1S/C16H12ClN5O5/c17-11-2-4-12(5-3-11)20-19-16(22(24)25)15(21(20)23)18-8-10-1-6-13-14(7-10)27-9-26-13/h1-7,23H,8-9H2. The van der Waals surface area contributed by atoms with E-state index in [0.717, 1.165) is 10.4 Å². The number of halogens is 1. The fraction of sp³-hybridized carbons (Fsp3) is 0.125. The molecular formula is C16H12ClN5O5. The minimum absolute atomic E-state index is 0.0738. The molecule has 3 aromatic rings. The summed E-state index contributed by atoms with van der Waals surface area (Å²) in [5.41, 5.74) is 0.829. The second-order valence-electron chi connectivity index (χ2n) is 5.56. The van der Waals surface area contributed by atoms with Gasteiger partial charge in [-0.1, -0.05) is 22.5 Å². The Bertz CT molecular complexity index is 1090. The molecule has 11 heteroatoms. The maximum atomic E-state index is 11.3. The molecular weight excluding hydrogens is 378 g/mol. The number of hydrogen-bond acceptors (Lipinski definition) is 7. The van der Waals surface area contributed by atoms with Crippen molar-refractivity contribution in [3.63, 3.8) is 0 Å². The summed E-state index contributed by atoms with van der Waals surface area (Å²) < 4.78 is 10.5. The van der Waals surface area contributed by atoms with Crippen molar-refractivity contribution in [2.75, 3.05) is 6.79 Å². The van der Waals surface area contributed by atoms with Crippen LogP contribution in [-0.4, -0.2) is 31.7 Å². The highest BCUT2D eigenvalue weighted by molar-refractivity contribution is 6.30. The van der Waals surface area contributed by atoms with Crippen LogP contribution in [-0.2, 0) is 6.54 Å². The second-order valence-corrected chi connectivity index (χ2v) is 6.00. The predicted octanol–water partition coefficient (Wildman–Crippen LogP) is 2.30. The van der Waals surface area contributed by atoms with Gasteiger partial charge in [-0.2, -0.15) is 0 Å². The Balaban J connectivity index is 1.74. The van der Waals surface area contributed by atoms with Gasteiger partial charge >= 0.3 is 5.82 Å². The summed E-state index contributed by atoms with van der Waals surface area (Å²) in [6.07, 6.45) is 0. The summed E-state index contributed by atoms with van der Waals surface area (Å²) in [5.74, 6) is 0.622. The lowest BCUT2D eigenvalue weighted by Gasteiger charge is -2.00. The van der Waals surface area contributed by atoms with Crippen molar-refractivity contribution >= 4 is 17.4 Å². The summed E-state index contributed by atoms with van der Waals surface area (Å²) in [5, 5.41) is 26.0. The van der Waals surface area contributed by atoms with Crippen molar-refractivity contribution in [1.29, 1.82) is 0 Å². The van der Waals surface area contributed by atoms with E-state index in [9.17, 15) is 15.3 Å². The van der Waals surface area contributed by atoms with Gasteiger partial charge in [0.25, 0.3) is 5.49 Å². The molecule has 0 amide bonds. The highest BCUT2D eigenvalue weighted by Crippen LogP contribution is 2.32. The number of hydrogen-bond donors (Lipinski definition) is 1. The van der Waals surface area contributed by atoms with Crippen LogP contribution in [0.4, 0.5) is 5.82 Å². The topological polar surface area (TPSA) is 117 Å². The van der Waals surface area contributed by atoms with Crippen molar-refractivity contribution in [3.8, 4) is 17.2 Å². The third kappa shape index (κ3) is 3.17. The van der Waals surface area contributed by atoms with Gasteiger partial charge in [0.1, 0.15) is 5.69 Å². The van der Waals surface area contributed by atoms with Crippen LogP contribution >= 0.6 is 11.6 Å². The van der Waals surface area contributed by atoms with Crippen LogP contribution in [0, 0.1) is 10.1 Å². The van der Waals surface area contributed by atoms with Gasteiger partial charge in [0, 0.05) is 5.02 Å². The van der Waals surface area contributed by atoms with Crippen LogP contribution in [0.2, 0.25) is 5.02 Å². The fourth-order valence-electron chi connectivity index (χ4n) is 2.56. The highest BCUT2D eigenvalue weighted by Gasteiger charge is 2.24. The molecule has 0 bridgehead atoms. The van der Waals surface area contributed by atoms with E-state index in [4.69, 9.17) is 21.1 Å². The lowest BCUT2D eigenvalue weighted by atomic mass is 10.2. The molecule has 1 aromatic heterocycles. The maximum Gasteiger partial charge on any atom is 0.438 e. The molecule has 1 N–H and O–H groups in total. The van der Waals surface area contributed by atoms with Gasteiger partial charge in [-0.05, 0) is 51.7 Å². The number of ether oxygens (including phenoxy) is 2. The van der Waals surface area contributed by atoms with E-state index in [2.05, 4.69) is 10.1 Å². The van der Waals surface area contributed by atoms with Crippen LogP contribution in [0.5, 0.6) is 11.5 Å². The van der Waals surface area contributed by atoms with E-state index in [1.807, 2.05) is 0 Å². The smallest absolute Gasteiger partial charge is 0.438 e. The summed E-state index contributed by atoms with van der Waals surface area (Å²) in [6, 6.07) is 11.5. The largest absolute Gasteiger partial charge is 0.454 e. The maximum absolute atomic E-state index is 11.3. The normalized spacial score (nSPS) is 13.1. The van der Waals surface area contributed by atoms with E-state index >= 15 is 0 Å². The molecule has 27 heavy (non-hydrogen) atoms. The zero-order valence-electron chi connectivity index (χ0n) is 13.6. The molecule has 0 unspecified atom stereocenters. The average Bonchev–Trinajstić information content (AvgIpc) is 3.25. The minimum Gasteiger partial charge on any atom is -0.454 e. The molecule has 0 fully saturated rings. The first-order valence-corrected chi connectivity index (χ1v) is 8.11. The van der Waals surface area contributed by atoms with Crippen LogP contribution in [0.15, 0.2) is 47.5 Å². The number of fused-ring (bicyclic) bond motifs is 1. The molecule has 0 spiro atoms. The van der Waals surface area contributed by atoms with Gasteiger partial charge in [0.2, 0.25) is 6.79 Å². The summed E-state index contributed by atoms with van der Waals surface area (Å²) in [7, 11) is 0. The van der Waals surface area contributed by atoms with Crippen LogP contribution in [0.1, 0.15) is 5.56 Å². The Kier molecular flexibility index (Phi) is 4.16. The fourth-order valence-corrected chi connectivity index (χ4v) is 2.68. The molecule has 0 aliphatic carbocycles. The van der Waals surface area contributed by atoms with Gasteiger partial charge < -0.3 is 24.8 Å². The Morgan fingerprint density at radius 2 is 1.96 bits per heavy atom. The summed E-state index contributed by atoms with van der Waals surface area (Å²) >= 11 is 5.84. The zero-order valence-corrected chi connectivity index (χ0v) is 14.4. The van der Waals surface area contributed by atoms with Crippen molar-refractivity contribution in [2.24, 2.45) is 4.99 Å². The molecule has 4 rings (SSSR count). The van der Waals surface area contributed by atoms with E-state index < -0.39 is 10.7 Å². The van der Waals surface area contributed by atoms with Crippen molar-refractivity contribution in [2.45, 2.75) is 6.54 Å². The van der Waals surface area contributed by atoms with Crippen LogP contribution in [0.25, 0.3) is 5.69 Å². The van der Waals surface area contributed by atoms with Gasteiger partial charge in [-0.3, -0.25) is 4.99 Å². The lowest BCUT2D eigenvalue weighted by Crippen LogP contribution is -2.22. The third-order valence-corrected chi connectivity index (χ3v) is 4.09. The zero-order chi connectivity index (χ0) is 19.0. The van der Waals surface area contributed by atoms with Gasteiger partial charge in [-0.25, -0.2) is 0 Å². The van der Waals surface area contributed by atoms with Crippen molar-refractivity contribution in [1.82, 2.24) is 14.7 Å². The average molecular weight is 390 g/mol. The Morgan fingerprint density at radius 1 is 1.22 bits per heavy atom. The lowest BCUT2D eigenvalue weighted by molar-refractivity contribution is -0.391. The Hall–Kier alpha value is -3.53. The Morgan fingerprint density at radius 3 is 2.70 bits per heavy atom. The molecule has 1 aliphatic heterocycles. The van der Waals surface area contributed by atoms with Crippen LogP contribution in [0.3, 0.4) is 0 Å². The highest BCUT2D eigenvalue weighted by atomic mass is 35.5. The molecule has 1 aliphatic rings. The molecule has 10 nitrogen and oxygen atoms in total. The Labute approximate surface area is 156 Å². The van der Waals surface area contributed by atoms with Crippen LogP contribution < -0.4 is 15.0 Å². The molecule has 2 heterocycles. The molecule has 0 saturated carbocycles. The SMILES string of the molecule is O=[N+]([O-])c1nn(-c2ccc(Cl)cc2)n(O)c1=NCc1ccc2c(c1)OCO2. The molecule has 0 radical (unpaired) electrons. The number of nitro groups is 1. The summed E-state index contributed by atoms with van der Waals surface area (Å²) in [6.45, 7) is 0.219. The second kappa shape index (κ2) is 6.65. The first-order chi connectivity index (χ1) is 13.0. The number of benzene rings is 2. The van der Waals surface area contributed by atoms with Crippen molar-refractivity contribution in [3.05, 3.63) is 68.7 Å². The number of nitrogens with zero attached hydrogens (tertiary/aromatic N) is 5. The molecule has 138 valence electrons. The number of rotatable bonds is 4. The van der Waals surface area contributed by atoms with Gasteiger partial charge in [0.05, 0.1) is 11.6 Å². The molecule has 0 saturated heterocycles. The quantitative estimate of drug-likeness (QED) is 0.415. The van der Waals surface area contributed by atoms with E-state index in [1.165, 1.54) is 0 Å². The first-order valence-electron chi connectivity index (χ1n) is 7.74. The molecule has 0 atom stereocenters. The first kappa shape index (κ1) is 16.9. The van der Waals surface area contributed by atoms with E-state index in [0.29, 0.717) is 27.1 Å². The molecule has 2 aromatic carbocycles. The summed E-state index contributed by atoms with van der Waals surface area (Å²) in [4.78, 5) is 16.3. The number of aromatic nitrogens is 3. The monoisotopic (exact) mass is 389 g/mol. The van der Waals surface area contributed by atoms with E-state index in [1.54, 1.807) is 42.5 Å². The van der Waals surface area contributed by atoms with Gasteiger partial charge in [0.15, 0.2) is 11.5 Å². The minimum atomic E-state index is -0.711. The predicted molar refractivity (Wildman–Crippen MR) is 92.2 cm³/mol. The van der Waals surface area contributed by atoms with Gasteiger partial charge in [-0.15, -0.1) is 0 Å².